The fraction of sp³-hybridized carbons (Fsp3) is 0.357. The van der Waals surface area contributed by atoms with Crippen LogP contribution >= 0.6 is 0 Å². The van der Waals surface area contributed by atoms with Gasteiger partial charge in [0.15, 0.2) is 11.5 Å². The summed E-state index contributed by atoms with van der Waals surface area (Å²) in [6.45, 7) is 6.48. The third-order valence-electron chi connectivity index (χ3n) is 2.94. The van der Waals surface area contributed by atoms with Gasteiger partial charge in [-0.25, -0.2) is 4.68 Å². The number of nitrogens with zero attached hydrogens (tertiary/aromatic N) is 3. The van der Waals surface area contributed by atoms with E-state index in [0.717, 1.165) is 5.56 Å². The highest BCUT2D eigenvalue weighted by Gasteiger charge is 2.26. The Hall–Kier alpha value is -2.17. The Morgan fingerprint density at radius 1 is 1.26 bits per heavy atom. The van der Waals surface area contributed by atoms with Crippen molar-refractivity contribution in [2.75, 3.05) is 5.73 Å². The lowest BCUT2D eigenvalue weighted by Crippen LogP contribution is -2.13. The summed E-state index contributed by atoms with van der Waals surface area (Å²) in [5.41, 5.74) is 7.67. The van der Waals surface area contributed by atoms with Crippen molar-refractivity contribution in [2.24, 2.45) is 5.18 Å². The molecule has 2 rings (SSSR count). The second kappa shape index (κ2) is 4.84. The molecule has 5 nitrogen and oxygen atoms in total. The van der Waals surface area contributed by atoms with Crippen LogP contribution in [0, 0.1) is 4.91 Å². The number of nitrogen functional groups attached to an aromatic ring is 1. The molecule has 0 atom stereocenters. The first-order chi connectivity index (χ1) is 8.93. The molecule has 0 saturated heterocycles. The second-order valence-corrected chi connectivity index (χ2v) is 5.57. The van der Waals surface area contributed by atoms with Crippen LogP contribution in [0.15, 0.2) is 35.5 Å². The van der Waals surface area contributed by atoms with Gasteiger partial charge in [0.1, 0.15) is 0 Å². The van der Waals surface area contributed by atoms with Crippen molar-refractivity contribution >= 4 is 11.5 Å². The lowest BCUT2D eigenvalue weighted by molar-refractivity contribution is 0.547. The number of benzene rings is 1. The maximum absolute atomic E-state index is 11.0. The van der Waals surface area contributed by atoms with Crippen molar-refractivity contribution in [1.29, 1.82) is 0 Å². The van der Waals surface area contributed by atoms with E-state index in [1.54, 1.807) is 4.68 Å². The highest BCUT2D eigenvalue weighted by Crippen LogP contribution is 2.35. The van der Waals surface area contributed by atoms with Crippen molar-refractivity contribution < 1.29 is 0 Å². The van der Waals surface area contributed by atoms with Crippen LogP contribution in [0.5, 0.6) is 0 Å². The standard InChI is InChI=1S/C14H18N4O/c1-14(2,3)12-11(17-19)13(15)18(16-12)9-10-7-5-4-6-8-10/h4-8H,9,15H2,1-3H3. The van der Waals surface area contributed by atoms with Crippen molar-refractivity contribution in [3.63, 3.8) is 0 Å². The first-order valence-electron chi connectivity index (χ1n) is 6.17. The van der Waals surface area contributed by atoms with E-state index in [1.807, 2.05) is 51.1 Å². The van der Waals surface area contributed by atoms with E-state index in [-0.39, 0.29) is 11.1 Å². The Bertz CT molecular complexity index is 581. The zero-order chi connectivity index (χ0) is 14.0. The molecule has 1 heterocycles. The first kappa shape index (κ1) is 13.3. The van der Waals surface area contributed by atoms with Crippen molar-refractivity contribution in [3.8, 4) is 0 Å². The molecule has 0 radical (unpaired) electrons. The Labute approximate surface area is 112 Å². The van der Waals surface area contributed by atoms with E-state index in [9.17, 15) is 4.91 Å². The molecular formula is C14H18N4O. The van der Waals surface area contributed by atoms with Gasteiger partial charge in [0.05, 0.1) is 12.2 Å². The average Bonchev–Trinajstić information content (AvgIpc) is 2.67. The monoisotopic (exact) mass is 258 g/mol. The molecule has 0 fully saturated rings. The average molecular weight is 258 g/mol. The van der Waals surface area contributed by atoms with E-state index < -0.39 is 0 Å². The van der Waals surface area contributed by atoms with E-state index in [1.165, 1.54) is 0 Å². The summed E-state index contributed by atoms with van der Waals surface area (Å²) in [7, 11) is 0. The van der Waals surface area contributed by atoms with Crippen LogP contribution in [0.1, 0.15) is 32.0 Å². The van der Waals surface area contributed by atoms with Crippen molar-refractivity contribution in [2.45, 2.75) is 32.7 Å². The van der Waals surface area contributed by atoms with Crippen LogP contribution in [0.4, 0.5) is 11.5 Å². The van der Waals surface area contributed by atoms with Gasteiger partial charge in [0.2, 0.25) is 0 Å². The van der Waals surface area contributed by atoms with Gasteiger partial charge in [0.25, 0.3) is 0 Å². The molecule has 0 bridgehead atoms. The van der Waals surface area contributed by atoms with E-state index >= 15 is 0 Å². The molecule has 5 heteroatoms. The molecule has 1 aromatic carbocycles. The molecule has 100 valence electrons. The summed E-state index contributed by atoms with van der Waals surface area (Å²) in [5, 5.41) is 7.49. The minimum absolute atomic E-state index is 0.253. The SMILES string of the molecule is CC(C)(C)c1nn(Cc2ccccc2)c(N)c1N=O. The molecular weight excluding hydrogens is 240 g/mol. The molecule has 0 aliphatic heterocycles. The molecule has 1 aromatic heterocycles. The van der Waals surface area contributed by atoms with Gasteiger partial charge in [0, 0.05) is 5.41 Å². The van der Waals surface area contributed by atoms with Crippen LogP contribution in [-0.4, -0.2) is 9.78 Å². The minimum Gasteiger partial charge on any atom is -0.382 e. The fourth-order valence-electron chi connectivity index (χ4n) is 1.94. The Morgan fingerprint density at radius 2 is 1.89 bits per heavy atom. The van der Waals surface area contributed by atoms with Crippen LogP contribution in [0.2, 0.25) is 0 Å². The van der Waals surface area contributed by atoms with Gasteiger partial charge in [-0.3, -0.25) is 0 Å². The Kier molecular flexibility index (Phi) is 3.38. The summed E-state index contributed by atoms with van der Waals surface area (Å²) >= 11 is 0. The maximum Gasteiger partial charge on any atom is 0.173 e. The summed E-state index contributed by atoms with van der Waals surface area (Å²) < 4.78 is 1.63. The Balaban J connectivity index is 2.43. The van der Waals surface area contributed by atoms with Crippen LogP contribution < -0.4 is 5.73 Å². The highest BCUT2D eigenvalue weighted by atomic mass is 16.3. The summed E-state index contributed by atoms with van der Waals surface area (Å²) in [6, 6.07) is 9.85. The smallest absolute Gasteiger partial charge is 0.173 e. The first-order valence-corrected chi connectivity index (χ1v) is 6.17. The van der Waals surface area contributed by atoms with Crippen LogP contribution in [0.3, 0.4) is 0 Å². The normalized spacial score (nSPS) is 11.5. The highest BCUT2D eigenvalue weighted by molar-refractivity contribution is 5.63. The molecule has 19 heavy (non-hydrogen) atoms. The molecule has 2 aromatic rings. The number of rotatable bonds is 3. The zero-order valence-electron chi connectivity index (χ0n) is 11.4. The number of nitrogens with two attached hydrogens (primary N) is 1. The van der Waals surface area contributed by atoms with E-state index in [0.29, 0.717) is 18.1 Å². The lowest BCUT2D eigenvalue weighted by Gasteiger charge is -2.14. The fourth-order valence-corrected chi connectivity index (χ4v) is 1.94. The Morgan fingerprint density at radius 3 is 2.37 bits per heavy atom. The van der Waals surface area contributed by atoms with Gasteiger partial charge in [-0.05, 0) is 10.7 Å². The van der Waals surface area contributed by atoms with Gasteiger partial charge in [-0.15, -0.1) is 4.91 Å². The van der Waals surface area contributed by atoms with Crippen molar-refractivity contribution in [3.05, 3.63) is 46.5 Å². The summed E-state index contributed by atoms with van der Waals surface area (Å²) in [5.74, 6) is 0.323. The van der Waals surface area contributed by atoms with Crippen LogP contribution in [-0.2, 0) is 12.0 Å². The van der Waals surface area contributed by atoms with Gasteiger partial charge in [-0.1, -0.05) is 51.1 Å². The number of aromatic nitrogens is 2. The molecule has 0 spiro atoms. The number of nitroso groups, excluding NO2 is 1. The molecule has 0 unspecified atom stereocenters. The molecule has 2 N–H and O–H groups in total. The third kappa shape index (κ3) is 2.65. The predicted octanol–water partition coefficient (Wildman–Crippen LogP) is 3.21. The van der Waals surface area contributed by atoms with Gasteiger partial charge >= 0.3 is 0 Å². The number of anilines is 1. The number of hydrogen-bond donors (Lipinski definition) is 1. The zero-order valence-corrected chi connectivity index (χ0v) is 11.4. The number of hydrogen-bond acceptors (Lipinski definition) is 4. The largest absolute Gasteiger partial charge is 0.382 e. The van der Waals surface area contributed by atoms with E-state index in [2.05, 4.69) is 10.3 Å². The summed E-state index contributed by atoms with van der Waals surface area (Å²) in [4.78, 5) is 11.0. The van der Waals surface area contributed by atoms with Gasteiger partial charge < -0.3 is 5.73 Å². The molecule has 0 aliphatic carbocycles. The quantitative estimate of drug-likeness (QED) is 0.859. The summed E-state index contributed by atoms with van der Waals surface area (Å²) in [6.07, 6.45) is 0. The second-order valence-electron chi connectivity index (χ2n) is 5.57. The van der Waals surface area contributed by atoms with E-state index in [4.69, 9.17) is 5.73 Å². The molecule has 0 aliphatic rings. The topological polar surface area (TPSA) is 73.3 Å². The predicted molar refractivity (Wildman–Crippen MR) is 76.3 cm³/mol. The molecule has 0 amide bonds. The lowest BCUT2D eigenvalue weighted by atomic mass is 9.91. The molecule has 0 saturated carbocycles. The van der Waals surface area contributed by atoms with Crippen LogP contribution in [0.25, 0.3) is 0 Å². The van der Waals surface area contributed by atoms with Gasteiger partial charge in [-0.2, -0.15) is 5.10 Å². The third-order valence-corrected chi connectivity index (χ3v) is 2.94. The maximum atomic E-state index is 11.0. The van der Waals surface area contributed by atoms with Crippen molar-refractivity contribution in [1.82, 2.24) is 9.78 Å². The minimum atomic E-state index is -0.265.